The Bertz CT molecular complexity index is 289. The van der Waals surface area contributed by atoms with Crippen LogP contribution in [0.15, 0.2) is 6.07 Å². The Morgan fingerprint density at radius 2 is 2.15 bits per heavy atom. The van der Waals surface area contributed by atoms with Gasteiger partial charge in [-0.05, 0) is 30.5 Å². The number of rotatable bonds is 2. The van der Waals surface area contributed by atoms with E-state index < -0.39 is 0 Å². The first-order valence-corrected chi connectivity index (χ1v) is 5.63. The molecule has 0 amide bonds. The first-order valence-electron chi connectivity index (χ1n) is 3.96. The Hall–Kier alpha value is 0.210. The molecule has 0 fully saturated rings. The minimum absolute atomic E-state index is 0.395. The lowest BCUT2D eigenvalue weighted by molar-refractivity contribution is 0.938. The van der Waals surface area contributed by atoms with Crippen molar-refractivity contribution < 1.29 is 0 Å². The van der Waals surface area contributed by atoms with Crippen molar-refractivity contribution in [1.82, 2.24) is 4.98 Å². The summed E-state index contributed by atoms with van der Waals surface area (Å²) in [6, 6.07) is 1.83. The van der Waals surface area contributed by atoms with E-state index in [9.17, 15) is 0 Å². The number of aryl methyl sites for hydroxylation is 1. The summed E-state index contributed by atoms with van der Waals surface area (Å²) in [5.74, 6) is 0. The number of hydrogen-bond acceptors (Lipinski definition) is 1. The molecule has 1 heterocycles. The third-order valence-corrected chi connectivity index (χ3v) is 2.58. The molecule has 1 atom stereocenters. The molecule has 0 aliphatic carbocycles. The Morgan fingerprint density at radius 3 is 2.62 bits per heavy atom. The summed E-state index contributed by atoms with van der Waals surface area (Å²) in [6.45, 7) is 4.06. The summed E-state index contributed by atoms with van der Waals surface area (Å²) in [5.41, 5.74) is 2.16. The first kappa shape index (κ1) is 11.3. The molecule has 13 heavy (non-hydrogen) atoms. The van der Waals surface area contributed by atoms with Gasteiger partial charge in [-0.3, -0.25) is 0 Å². The number of alkyl halides is 1. The van der Waals surface area contributed by atoms with Crippen LogP contribution in [0, 0.1) is 6.92 Å². The SMILES string of the molecule is Cc1cc(Cl)nc(Cl)c1CC(C)Br. The topological polar surface area (TPSA) is 12.9 Å². The molecule has 0 saturated heterocycles. The first-order chi connectivity index (χ1) is 6.00. The van der Waals surface area contributed by atoms with Gasteiger partial charge in [-0.25, -0.2) is 4.98 Å². The average molecular weight is 283 g/mol. The molecular weight excluding hydrogens is 273 g/mol. The molecule has 0 radical (unpaired) electrons. The summed E-state index contributed by atoms with van der Waals surface area (Å²) in [7, 11) is 0. The monoisotopic (exact) mass is 281 g/mol. The maximum absolute atomic E-state index is 5.96. The average Bonchev–Trinajstić information content (AvgIpc) is 1.96. The normalized spacial score (nSPS) is 13.0. The Morgan fingerprint density at radius 1 is 1.54 bits per heavy atom. The third-order valence-electron chi connectivity index (χ3n) is 1.75. The molecule has 1 unspecified atom stereocenters. The third kappa shape index (κ3) is 3.12. The van der Waals surface area contributed by atoms with Crippen LogP contribution in [0.3, 0.4) is 0 Å². The highest BCUT2D eigenvalue weighted by atomic mass is 79.9. The van der Waals surface area contributed by atoms with Crippen molar-refractivity contribution in [1.29, 1.82) is 0 Å². The molecule has 1 aromatic heterocycles. The molecule has 0 aliphatic heterocycles. The Kier molecular flexibility index (Phi) is 4.02. The second kappa shape index (κ2) is 4.63. The molecule has 0 aliphatic rings. The molecule has 0 N–H and O–H groups in total. The van der Waals surface area contributed by atoms with Gasteiger partial charge < -0.3 is 0 Å². The predicted octanol–water partition coefficient (Wildman–Crippen LogP) is 4.02. The Balaban J connectivity index is 3.06. The summed E-state index contributed by atoms with van der Waals surface area (Å²) in [4.78, 5) is 4.39. The number of aromatic nitrogens is 1. The number of nitrogens with zero attached hydrogens (tertiary/aromatic N) is 1. The molecule has 1 nitrogen and oxygen atoms in total. The van der Waals surface area contributed by atoms with Crippen LogP contribution in [0.5, 0.6) is 0 Å². The zero-order chi connectivity index (χ0) is 10.0. The van der Waals surface area contributed by atoms with Crippen molar-refractivity contribution in [2.24, 2.45) is 0 Å². The Labute approximate surface area is 96.6 Å². The van der Waals surface area contributed by atoms with Gasteiger partial charge in [0.2, 0.25) is 0 Å². The molecule has 0 aromatic carbocycles. The maximum atomic E-state index is 5.96. The van der Waals surface area contributed by atoms with E-state index in [1.54, 1.807) is 0 Å². The highest BCUT2D eigenvalue weighted by Crippen LogP contribution is 2.23. The van der Waals surface area contributed by atoms with Crippen LogP contribution >= 0.6 is 39.1 Å². The van der Waals surface area contributed by atoms with Crippen LogP contribution in [0.25, 0.3) is 0 Å². The van der Waals surface area contributed by atoms with Crippen LogP contribution in [-0.4, -0.2) is 9.81 Å². The van der Waals surface area contributed by atoms with Crippen molar-refractivity contribution in [3.8, 4) is 0 Å². The molecule has 0 bridgehead atoms. The van der Waals surface area contributed by atoms with Crippen molar-refractivity contribution in [2.45, 2.75) is 25.1 Å². The summed E-state index contributed by atoms with van der Waals surface area (Å²) >= 11 is 15.2. The predicted molar refractivity (Wildman–Crippen MR) is 61.1 cm³/mol. The van der Waals surface area contributed by atoms with Gasteiger partial charge in [0.1, 0.15) is 10.3 Å². The summed E-state index contributed by atoms with van der Waals surface area (Å²) < 4.78 is 0. The quantitative estimate of drug-likeness (QED) is 0.590. The summed E-state index contributed by atoms with van der Waals surface area (Å²) in [6.07, 6.45) is 0.870. The van der Waals surface area contributed by atoms with Gasteiger partial charge in [0.05, 0.1) is 0 Å². The van der Waals surface area contributed by atoms with Crippen LogP contribution in [0.2, 0.25) is 10.3 Å². The molecular formula is C9H10BrCl2N. The van der Waals surface area contributed by atoms with Crippen LogP contribution in [-0.2, 0) is 6.42 Å². The highest BCUT2D eigenvalue weighted by Gasteiger charge is 2.09. The second-order valence-corrected chi connectivity index (χ2v) is 5.32. The van der Waals surface area contributed by atoms with Crippen molar-refractivity contribution in [3.05, 3.63) is 27.5 Å². The van der Waals surface area contributed by atoms with E-state index >= 15 is 0 Å². The van der Waals surface area contributed by atoms with Crippen LogP contribution in [0.4, 0.5) is 0 Å². The largest absolute Gasteiger partial charge is 0.224 e. The summed E-state index contributed by atoms with van der Waals surface area (Å²) in [5, 5.41) is 0.963. The zero-order valence-corrected chi connectivity index (χ0v) is 10.5. The van der Waals surface area contributed by atoms with Gasteiger partial charge in [0.25, 0.3) is 0 Å². The van der Waals surface area contributed by atoms with E-state index in [0.29, 0.717) is 15.1 Å². The van der Waals surface area contributed by atoms with E-state index in [1.165, 1.54) is 0 Å². The van der Waals surface area contributed by atoms with Gasteiger partial charge in [-0.15, -0.1) is 0 Å². The maximum Gasteiger partial charge on any atom is 0.134 e. The minimum Gasteiger partial charge on any atom is -0.224 e. The van der Waals surface area contributed by atoms with Gasteiger partial charge in [0, 0.05) is 4.83 Å². The van der Waals surface area contributed by atoms with Crippen molar-refractivity contribution >= 4 is 39.1 Å². The fourth-order valence-corrected chi connectivity index (χ4v) is 2.08. The van der Waals surface area contributed by atoms with Crippen LogP contribution < -0.4 is 0 Å². The van der Waals surface area contributed by atoms with E-state index in [0.717, 1.165) is 17.5 Å². The molecule has 72 valence electrons. The van der Waals surface area contributed by atoms with E-state index in [1.807, 2.05) is 13.0 Å². The fourth-order valence-electron chi connectivity index (χ4n) is 1.15. The smallest absolute Gasteiger partial charge is 0.134 e. The van der Waals surface area contributed by atoms with Crippen molar-refractivity contribution in [3.63, 3.8) is 0 Å². The van der Waals surface area contributed by atoms with Gasteiger partial charge in [-0.1, -0.05) is 46.1 Å². The lowest BCUT2D eigenvalue weighted by Crippen LogP contribution is -2.01. The molecule has 1 rings (SSSR count). The number of pyridine rings is 1. The number of halogens is 3. The van der Waals surface area contributed by atoms with Gasteiger partial charge in [0.15, 0.2) is 0 Å². The molecule has 4 heteroatoms. The lowest BCUT2D eigenvalue weighted by Gasteiger charge is -2.09. The number of hydrogen-bond donors (Lipinski definition) is 0. The minimum atomic E-state index is 0.395. The molecule has 1 aromatic rings. The van der Waals surface area contributed by atoms with E-state index in [-0.39, 0.29) is 0 Å². The lowest BCUT2D eigenvalue weighted by atomic mass is 10.1. The van der Waals surface area contributed by atoms with E-state index in [2.05, 4.69) is 27.8 Å². The van der Waals surface area contributed by atoms with Crippen molar-refractivity contribution in [2.75, 3.05) is 0 Å². The highest BCUT2D eigenvalue weighted by molar-refractivity contribution is 9.09. The molecule has 0 spiro atoms. The van der Waals surface area contributed by atoms with E-state index in [4.69, 9.17) is 23.2 Å². The zero-order valence-electron chi connectivity index (χ0n) is 7.44. The van der Waals surface area contributed by atoms with Crippen LogP contribution in [0.1, 0.15) is 18.1 Å². The standard InChI is InChI=1S/C9H10BrCl2N/c1-5-3-8(11)13-9(12)7(5)4-6(2)10/h3,6H,4H2,1-2H3. The molecule has 0 saturated carbocycles. The van der Waals surface area contributed by atoms with Gasteiger partial charge >= 0.3 is 0 Å². The second-order valence-electron chi connectivity index (χ2n) is 3.02. The van der Waals surface area contributed by atoms with Gasteiger partial charge in [-0.2, -0.15) is 0 Å². The fraction of sp³-hybridized carbons (Fsp3) is 0.444.